The third-order valence-corrected chi connectivity index (χ3v) is 4.14. The summed E-state index contributed by atoms with van der Waals surface area (Å²) in [6, 6.07) is 3.73. The van der Waals surface area contributed by atoms with Crippen molar-refractivity contribution in [1.29, 1.82) is 0 Å². The van der Waals surface area contributed by atoms with E-state index in [1.165, 1.54) is 0 Å². The van der Waals surface area contributed by atoms with E-state index in [-0.39, 0.29) is 0 Å². The molecule has 5 nitrogen and oxygen atoms in total. The van der Waals surface area contributed by atoms with E-state index in [1.807, 2.05) is 0 Å². The zero-order chi connectivity index (χ0) is 14.0. The van der Waals surface area contributed by atoms with Gasteiger partial charge in [-0.25, -0.2) is 0 Å². The minimum absolute atomic E-state index is 0.306. The van der Waals surface area contributed by atoms with Crippen LogP contribution in [0.3, 0.4) is 0 Å². The highest BCUT2D eigenvalue weighted by Gasteiger charge is 2.25. The maximum absolute atomic E-state index is 11.3. The number of ether oxygens (including phenoxy) is 1. The molecule has 1 amide bonds. The third-order valence-electron chi connectivity index (χ3n) is 3.48. The van der Waals surface area contributed by atoms with Crippen molar-refractivity contribution in [3.8, 4) is 0 Å². The van der Waals surface area contributed by atoms with Crippen LogP contribution >= 0.6 is 15.9 Å². The summed E-state index contributed by atoms with van der Waals surface area (Å²) in [6.07, 6.45) is 3.35. The Morgan fingerprint density at radius 3 is 2.79 bits per heavy atom. The van der Waals surface area contributed by atoms with Crippen molar-refractivity contribution in [2.24, 2.45) is 5.73 Å². The fourth-order valence-corrected chi connectivity index (χ4v) is 2.89. The Bertz CT molecular complexity index is 493. The Morgan fingerprint density at radius 1 is 1.47 bits per heavy atom. The largest absolute Gasteiger partial charge is 0.398 e. The van der Waals surface area contributed by atoms with Crippen LogP contribution in [-0.4, -0.2) is 25.2 Å². The minimum atomic E-state index is -0.519. The molecule has 0 saturated heterocycles. The fourth-order valence-electron chi connectivity index (χ4n) is 2.42. The van der Waals surface area contributed by atoms with Crippen LogP contribution in [0.25, 0.3) is 0 Å². The fraction of sp³-hybridized carbons (Fsp3) is 0.462. The topological polar surface area (TPSA) is 90.4 Å². The second-order valence-corrected chi connectivity index (χ2v) is 5.65. The van der Waals surface area contributed by atoms with Gasteiger partial charge in [-0.1, -0.05) is 0 Å². The molecule has 1 aliphatic carbocycles. The average molecular weight is 328 g/mol. The Hall–Kier alpha value is -1.27. The van der Waals surface area contributed by atoms with Gasteiger partial charge in [0.15, 0.2) is 0 Å². The number of methoxy groups -OCH3 is 1. The summed E-state index contributed by atoms with van der Waals surface area (Å²) < 4.78 is 6.17. The van der Waals surface area contributed by atoms with Crippen molar-refractivity contribution in [3.63, 3.8) is 0 Å². The third kappa shape index (κ3) is 3.19. The number of carbonyl (C=O) groups is 1. The lowest BCUT2D eigenvalue weighted by atomic mass is 10.1. The summed E-state index contributed by atoms with van der Waals surface area (Å²) in [4.78, 5) is 11.3. The number of nitrogens with one attached hydrogen (secondary N) is 1. The van der Waals surface area contributed by atoms with E-state index in [4.69, 9.17) is 16.2 Å². The molecule has 0 heterocycles. The number of carbonyl (C=O) groups excluding carboxylic acids is 1. The van der Waals surface area contributed by atoms with Gasteiger partial charge in [0.25, 0.3) is 5.91 Å². The lowest BCUT2D eigenvalue weighted by molar-refractivity contribution is 0.100. The Kier molecular flexibility index (Phi) is 4.31. The molecule has 1 saturated carbocycles. The summed E-state index contributed by atoms with van der Waals surface area (Å²) in [6.45, 7) is 0. The molecule has 2 rings (SSSR count). The van der Waals surface area contributed by atoms with Gasteiger partial charge in [0.2, 0.25) is 0 Å². The van der Waals surface area contributed by atoms with Crippen molar-refractivity contribution < 1.29 is 9.53 Å². The van der Waals surface area contributed by atoms with Crippen LogP contribution in [0.1, 0.15) is 29.6 Å². The molecule has 0 bridgehead atoms. The number of benzene rings is 1. The number of nitrogens with two attached hydrogens (primary N) is 2. The van der Waals surface area contributed by atoms with Crippen LogP contribution in [0.15, 0.2) is 16.6 Å². The molecule has 2 atom stereocenters. The number of primary amides is 1. The van der Waals surface area contributed by atoms with Gasteiger partial charge in [-0.2, -0.15) is 0 Å². The van der Waals surface area contributed by atoms with Gasteiger partial charge >= 0.3 is 0 Å². The van der Waals surface area contributed by atoms with Crippen LogP contribution < -0.4 is 16.8 Å². The summed E-state index contributed by atoms with van der Waals surface area (Å²) >= 11 is 3.44. The molecule has 1 aromatic carbocycles. The zero-order valence-corrected chi connectivity index (χ0v) is 12.4. The molecule has 1 aliphatic rings. The van der Waals surface area contributed by atoms with E-state index in [9.17, 15) is 4.79 Å². The highest BCUT2D eigenvalue weighted by Crippen LogP contribution is 2.31. The maximum atomic E-state index is 11.3. The molecular weight excluding hydrogens is 310 g/mol. The molecule has 19 heavy (non-hydrogen) atoms. The summed E-state index contributed by atoms with van der Waals surface area (Å²) in [5.74, 6) is -0.519. The van der Waals surface area contributed by atoms with Crippen molar-refractivity contribution in [2.45, 2.75) is 31.4 Å². The number of amides is 1. The minimum Gasteiger partial charge on any atom is -0.398 e. The highest BCUT2D eigenvalue weighted by molar-refractivity contribution is 9.10. The molecule has 1 aromatic rings. The molecule has 2 unspecified atom stereocenters. The van der Waals surface area contributed by atoms with Crippen LogP contribution in [-0.2, 0) is 4.74 Å². The maximum Gasteiger partial charge on any atom is 0.250 e. The molecule has 0 radical (unpaired) electrons. The van der Waals surface area contributed by atoms with Gasteiger partial charge in [-0.15, -0.1) is 0 Å². The second kappa shape index (κ2) is 5.79. The predicted molar refractivity (Wildman–Crippen MR) is 79.1 cm³/mol. The number of halogens is 1. The van der Waals surface area contributed by atoms with Crippen molar-refractivity contribution in [2.75, 3.05) is 18.2 Å². The van der Waals surface area contributed by atoms with E-state index in [0.717, 1.165) is 29.4 Å². The lowest BCUT2D eigenvalue weighted by Crippen LogP contribution is -2.19. The predicted octanol–water partition coefficient (Wildman–Crippen LogP) is 2.11. The lowest BCUT2D eigenvalue weighted by Gasteiger charge is -2.17. The molecule has 0 aliphatic heterocycles. The first-order valence-corrected chi connectivity index (χ1v) is 6.98. The average Bonchev–Trinajstić information content (AvgIpc) is 2.80. The number of rotatable bonds is 4. The first kappa shape index (κ1) is 14.1. The van der Waals surface area contributed by atoms with Crippen molar-refractivity contribution >= 4 is 33.2 Å². The van der Waals surface area contributed by atoms with Gasteiger partial charge in [0.1, 0.15) is 0 Å². The van der Waals surface area contributed by atoms with Crippen molar-refractivity contribution in [1.82, 2.24) is 0 Å². The molecule has 1 fully saturated rings. The Labute approximate surface area is 120 Å². The number of anilines is 2. The van der Waals surface area contributed by atoms with Crippen LogP contribution in [0.4, 0.5) is 11.4 Å². The molecule has 0 spiro atoms. The van der Waals surface area contributed by atoms with Crippen LogP contribution in [0.2, 0.25) is 0 Å². The van der Waals surface area contributed by atoms with Crippen LogP contribution in [0.5, 0.6) is 0 Å². The van der Waals surface area contributed by atoms with Gasteiger partial charge < -0.3 is 21.5 Å². The van der Waals surface area contributed by atoms with E-state index in [0.29, 0.717) is 23.4 Å². The van der Waals surface area contributed by atoms with Gasteiger partial charge in [-0.3, -0.25) is 4.79 Å². The monoisotopic (exact) mass is 327 g/mol. The molecule has 5 N–H and O–H groups in total. The van der Waals surface area contributed by atoms with Gasteiger partial charge in [-0.05, 0) is 47.3 Å². The SMILES string of the molecule is COC1CCC(Nc2cc(C(N)=O)c(N)cc2Br)C1. The van der Waals surface area contributed by atoms with Gasteiger partial charge in [0, 0.05) is 29.0 Å². The van der Waals surface area contributed by atoms with Crippen LogP contribution in [0, 0.1) is 0 Å². The van der Waals surface area contributed by atoms with Gasteiger partial charge in [0.05, 0.1) is 11.7 Å². The van der Waals surface area contributed by atoms with Crippen molar-refractivity contribution in [3.05, 3.63) is 22.2 Å². The standard InChI is InChI=1S/C13H18BrN3O2/c1-19-8-3-2-7(4-8)17-12-5-9(13(16)18)11(15)6-10(12)14/h5-8,17H,2-4,15H2,1H3,(H2,16,18). The first-order valence-electron chi connectivity index (χ1n) is 6.19. The smallest absolute Gasteiger partial charge is 0.250 e. The summed E-state index contributed by atoms with van der Waals surface area (Å²) in [5, 5.41) is 3.41. The molecule has 0 aromatic heterocycles. The van der Waals surface area contributed by atoms with E-state index in [2.05, 4.69) is 21.2 Å². The van der Waals surface area contributed by atoms with E-state index >= 15 is 0 Å². The summed E-state index contributed by atoms with van der Waals surface area (Å²) in [7, 11) is 1.73. The normalized spacial score (nSPS) is 22.4. The van der Waals surface area contributed by atoms with E-state index in [1.54, 1.807) is 19.2 Å². The number of nitrogen functional groups attached to an aromatic ring is 1. The zero-order valence-electron chi connectivity index (χ0n) is 10.8. The first-order chi connectivity index (χ1) is 9.01. The highest BCUT2D eigenvalue weighted by atomic mass is 79.9. The number of hydrogen-bond donors (Lipinski definition) is 3. The van der Waals surface area contributed by atoms with E-state index < -0.39 is 5.91 Å². The summed E-state index contributed by atoms with van der Waals surface area (Å²) in [5.41, 5.74) is 12.6. The molecule has 104 valence electrons. The Balaban J connectivity index is 2.16. The second-order valence-electron chi connectivity index (χ2n) is 4.80. The molecular formula is C13H18BrN3O2. The number of hydrogen-bond acceptors (Lipinski definition) is 4. The Morgan fingerprint density at radius 2 is 2.21 bits per heavy atom. The molecule has 6 heteroatoms. The quantitative estimate of drug-likeness (QED) is 0.739.